The maximum absolute atomic E-state index is 13.1. The number of aromatic nitrogens is 3. The molecule has 0 spiro atoms. The van der Waals surface area contributed by atoms with Gasteiger partial charge in [-0.1, -0.05) is 19.3 Å². The van der Waals surface area contributed by atoms with Crippen LogP contribution in [0.1, 0.15) is 82.0 Å². The lowest BCUT2D eigenvalue weighted by molar-refractivity contribution is -0.136. The fourth-order valence-corrected chi connectivity index (χ4v) is 5.56. The van der Waals surface area contributed by atoms with Crippen LogP contribution >= 0.6 is 0 Å². The molecule has 1 unspecified atom stereocenters. The van der Waals surface area contributed by atoms with Crippen LogP contribution < -0.4 is 0 Å². The number of piperidine rings is 1. The Kier molecular flexibility index (Phi) is 4.92. The van der Waals surface area contributed by atoms with E-state index in [0.29, 0.717) is 17.9 Å². The molecule has 148 valence electrons. The average Bonchev–Trinajstić information content (AvgIpc) is 3.25. The standard InChI is InChI=1S/C21H33N5O/c27-21(17-10-13-25(14-17)18-4-2-1-3-5-18)24-11-8-16(9-12-24)20-23-22-15-26(20)19-6-7-19/h15-19H,1-14H2. The Morgan fingerprint density at radius 2 is 1.67 bits per heavy atom. The summed E-state index contributed by atoms with van der Waals surface area (Å²) < 4.78 is 2.29. The van der Waals surface area contributed by atoms with Gasteiger partial charge in [0.05, 0.1) is 5.92 Å². The SMILES string of the molecule is O=C(C1CCN(C2CCCCC2)C1)N1CCC(c2nncn2C2CC2)CC1. The zero-order valence-electron chi connectivity index (χ0n) is 16.4. The topological polar surface area (TPSA) is 54.3 Å². The molecule has 2 saturated heterocycles. The highest BCUT2D eigenvalue weighted by Gasteiger charge is 2.37. The van der Waals surface area contributed by atoms with Crippen molar-refractivity contribution < 1.29 is 4.79 Å². The highest BCUT2D eigenvalue weighted by atomic mass is 16.2. The molecule has 0 bridgehead atoms. The Morgan fingerprint density at radius 1 is 0.889 bits per heavy atom. The van der Waals surface area contributed by atoms with Crippen LogP contribution in [0.15, 0.2) is 6.33 Å². The van der Waals surface area contributed by atoms with E-state index in [9.17, 15) is 4.79 Å². The van der Waals surface area contributed by atoms with Crippen molar-refractivity contribution in [2.24, 2.45) is 5.92 Å². The van der Waals surface area contributed by atoms with Crippen LogP contribution in [-0.2, 0) is 4.79 Å². The molecule has 0 aromatic carbocycles. The summed E-state index contributed by atoms with van der Waals surface area (Å²) in [6, 6.07) is 1.38. The van der Waals surface area contributed by atoms with Gasteiger partial charge in [-0.05, 0) is 51.5 Å². The van der Waals surface area contributed by atoms with Crippen LogP contribution in [-0.4, -0.2) is 62.7 Å². The number of carbonyl (C=O) groups is 1. The molecule has 4 aliphatic rings. The summed E-state index contributed by atoms with van der Waals surface area (Å²) in [4.78, 5) is 17.8. The molecule has 4 fully saturated rings. The van der Waals surface area contributed by atoms with Gasteiger partial charge < -0.3 is 9.47 Å². The fraction of sp³-hybridized carbons (Fsp3) is 0.857. The molecule has 0 N–H and O–H groups in total. The Morgan fingerprint density at radius 3 is 2.41 bits per heavy atom. The number of hydrogen-bond acceptors (Lipinski definition) is 4. The van der Waals surface area contributed by atoms with Gasteiger partial charge in [0.1, 0.15) is 12.2 Å². The van der Waals surface area contributed by atoms with E-state index in [1.54, 1.807) is 0 Å². The molecule has 6 heteroatoms. The molecule has 0 radical (unpaired) electrons. The summed E-state index contributed by atoms with van der Waals surface area (Å²) in [7, 11) is 0. The Balaban J connectivity index is 1.14. The first kappa shape index (κ1) is 17.7. The van der Waals surface area contributed by atoms with Crippen molar-refractivity contribution in [1.82, 2.24) is 24.6 Å². The third kappa shape index (κ3) is 3.65. The van der Waals surface area contributed by atoms with E-state index < -0.39 is 0 Å². The maximum atomic E-state index is 13.1. The Hall–Kier alpha value is -1.43. The van der Waals surface area contributed by atoms with E-state index in [0.717, 1.165) is 57.3 Å². The van der Waals surface area contributed by atoms with Gasteiger partial charge in [-0.15, -0.1) is 10.2 Å². The minimum Gasteiger partial charge on any atom is -0.342 e. The van der Waals surface area contributed by atoms with Gasteiger partial charge in [-0.3, -0.25) is 9.69 Å². The molecule has 2 aliphatic heterocycles. The Bertz CT molecular complexity index is 655. The third-order valence-corrected chi connectivity index (χ3v) is 7.37. The summed E-state index contributed by atoms with van der Waals surface area (Å²) in [5, 5.41) is 8.57. The molecule has 1 amide bonds. The number of rotatable bonds is 4. The van der Waals surface area contributed by atoms with Gasteiger partial charge in [-0.25, -0.2) is 0 Å². The van der Waals surface area contributed by atoms with Crippen molar-refractivity contribution in [1.29, 1.82) is 0 Å². The lowest BCUT2D eigenvalue weighted by atomic mass is 9.94. The van der Waals surface area contributed by atoms with E-state index in [2.05, 4.69) is 24.6 Å². The second-order valence-electron chi connectivity index (χ2n) is 9.20. The first-order valence-corrected chi connectivity index (χ1v) is 11.2. The second-order valence-corrected chi connectivity index (χ2v) is 9.20. The van der Waals surface area contributed by atoms with Crippen molar-refractivity contribution >= 4 is 5.91 Å². The highest BCUT2D eigenvalue weighted by molar-refractivity contribution is 5.79. The van der Waals surface area contributed by atoms with E-state index in [-0.39, 0.29) is 5.92 Å². The van der Waals surface area contributed by atoms with Crippen LogP contribution in [0.2, 0.25) is 0 Å². The molecule has 1 atom stereocenters. The van der Waals surface area contributed by atoms with E-state index >= 15 is 0 Å². The van der Waals surface area contributed by atoms with Crippen molar-refractivity contribution in [3.05, 3.63) is 12.2 Å². The lowest BCUT2D eigenvalue weighted by Gasteiger charge is -2.34. The van der Waals surface area contributed by atoms with Gasteiger partial charge in [0, 0.05) is 37.6 Å². The van der Waals surface area contributed by atoms with Crippen molar-refractivity contribution in [3.63, 3.8) is 0 Å². The zero-order chi connectivity index (χ0) is 18.2. The largest absolute Gasteiger partial charge is 0.342 e. The molecule has 2 aliphatic carbocycles. The smallest absolute Gasteiger partial charge is 0.227 e. The summed E-state index contributed by atoms with van der Waals surface area (Å²) in [5.74, 6) is 2.28. The summed E-state index contributed by atoms with van der Waals surface area (Å²) in [5.41, 5.74) is 0. The quantitative estimate of drug-likeness (QED) is 0.816. The molecule has 2 saturated carbocycles. The monoisotopic (exact) mass is 371 g/mol. The molecule has 6 nitrogen and oxygen atoms in total. The van der Waals surface area contributed by atoms with Crippen molar-refractivity contribution in [2.45, 2.75) is 82.2 Å². The number of carbonyl (C=O) groups excluding carboxylic acids is 1. The minimum atomic E-state index is 0.235. The number of nitrogens with zero attached hydrogens (tertiary/aromatic N) is 5. The summed E-state index contributed by atoms with van der Waals surface area (Å²) in [6.07, 6.45) is 14.4. The van der Waals surface area contributed by atoms with E-state index in [1.807, 2.05) is 6.33 Å². The zero-order valence-corrected chi connectivity index (χ0v) is 16.4. The average molecular weight is 372 g/mol. The van der Waals surface area contributed by atoms with E-state index in [4.69, 9.17) is 0 Å². The second kappa shape index (κ2) is 7.53. The normalized spacial score (nSPS) is 28.7. The van der Waals surface area contributed by atoms with E-state index in [1.165, 1.54) is 44.9 Å². The van der Waals surface area contributed by atoms with Crippen LogP contribution in [0, 0.1) is 5.92 Å². The number of amides is 1. The third-order valence-electron chi connectivity index (χ3n) is 7.37. The maximum Gasteiger partial charge on any atom is 0.227 e. The van der Waals surface area contributed by atoms with Crippen LogP contribution in [0.25, 0.3) is 0 Å². The molecule has 1 aromatic heterocycles. The first-order chi connectivity index (χ1) is 13.3. The molecule has 5 rings (SSSR count). The van der Waals surface area contributed by atoms with Gasteiger partial charge >= 0.3 is 0 Å². The Labute approximate surface area is 162 Å². The first-order valence-electron chi connectivity index (χ1n) is 11.2. The highest BCUT2D eigenvalue weighted by Crippen LogP contribution is 2.38. The van der Waals surface area contributed by atoms with Crippen LogP contribution in [0.3, 0.4) is 0 Å². The van der Waals surface area contributed by atoms with Crippen LogP contribution in [0.4, 0.5) is 0 Å². The van der Waals surface area contributed by atoms with Gasteiger partial charge in [0.2, 0.25) is 5.91 Å². The summed E-state index contributed by atoms with van der Waals surface area (Å²) in [6.45, 7) is 3.91. The molecular formula is C21H33N5O. The van der Waals surface area contributed by atoms with Gasteiger partial charge in [-0.2, -0.15) is 0 Å². The molecule has 1 aromatic rings. The molecule has 27 heavy (non-hydrogen) atoms. The number of likely N-dealkylation sites (tertiary alicyclic amines) is 2. The van der Waals surface area contributed by atoms with Crippen molar-refractivity contribution in [2.75, 3.05) is 26.2 Å². The fourth-order valence-electron chi connectivity index (χ4n) is 5.56. The lowest BCUT2D eigenvalue weighted by Crippen LogP contribution is -2.43. The van der Waals surface area contributed by atoms with Gasteiger partial charge in [0.15, 0.2) is 0 Å². The van der Waals surface area contributed by atoms with Gasteiger partial charge in [0.25, 0.3) is 0 Å². The minimum absolute atomic E-state index is 0.235. The predicted octanol–water partition coefficient (Wildman–Crippen LogP) is 2.97. The summed E-state index contributed by atoms with van der Waals surface area (Å²) >= 11 is 0. The molecule has 3 heterocycles. The van der Waals surface area contributed by atoms with Crippen molar-refractivity contribution in [3.8, 4) is 0 Å². The predicted molar refractivity (Wildman–Crippen MR) is 103 cm³/mol. The number of hydrogen-bond donors (Lipinski definition) is 0. The van der Waals surface area contributed by atoms with Crippen LogP contribution in [0.5, 0.6) is 0 Å². The molecular weight excluding hydrogens is 338 g/mol.